The maximum Gasteiger partial charge on any atom is 0.159 e. The van der Waals surface area contributed by atoms with Gasteiger partial charge in [-0.1, -0.05) is 54.7 Å². The summed E-state index contributed by atoms with van der Waals surface area (Å²) in [7, 11) is 1.63. The van der Waals surface area contributed by atoms with Crippen LogP contribution in [0.2, 0.25) is 0 Å². The van der Waals surface area contributed by atoms with Crippen LogP contribution in [0.15, 0.2) is 54.6 Å². The van der Waals surface area contributed by atoms with Crippen molar-refractivity contribution in [2.45, 2.75) is 17.7 Å². The minimum absolute atomic E-state index is 0.356. The highest BCUT2D eigenvalue weighted by molar-refractivity contribution is 7.80. The minimum atomic E-state index is -0.755. The third kappa shape index (κ3) is 5.66. The molecular weight excluding hydrogens is 353 g/mol. The average molecular weight is 370 g/mol. The zero-order chi connectivity index (χ0) is 16.7. The van der Waals surface area contributed by atoms with Gasteiger partial charge in [0.1, 0.15) is 10.7 Å². The number of benzene rings is 2. The van der Waals surface area contributed by atoms with Crippen LogP contribution in [0.4, 0.5) is 0 Å². The van der Waals surface area contributed by atoms with Crippen molar-refractivity contribution in [1.29, 1.82) is 0 Å². The van der Waals surface area contributed by atoms with Gasteiger partial charge in [0, 0.05) is 5.56 Å². The first-order valence-corrected chi connectivity index (χ1v) is 8.27. The van der Waals surface area contributed by atoms with E-state index in [0.717, 1.165) is 16.9 Å². The van der Waals surface area contributed by atoms with Crippen molar-refractivity contribution >= 4 is 40.4 Å². The highest BCUT2D eigenvalue weighted by Gasteiger charge is 2.19. The molecule has 122 valence electrons. The number of alkyl halides is 2. The van der Waals surface area contributed by atoms with Crippen molar-refractivity contribution in [2.24, 2.45) is 0 Å². The van der Waals surface area contributed by atoms with Gasteiger partial charge in [0.25, 0.3) is 0 Å². The summed E-state index contributed by atoms with van der Waals surface area (Å²) in [4.78, 5) is -0.216. The number of hydrogen-bond donors (Lipinski definition) is 1. The lowest BCUT2D eigenvalue weighted by atomic mass is 10.2. The lowest BCUT2D eigenvalue weighted by Crippen LogP contribution is -2.40. The summed E-state index contributed by atoms with van der Waals surface area (Å²) < 4.78 is 10.9. The fourth-order valence-corrected chi connectivity index (χ4v) is 2.41. The molecular formula is C17H17Cl2NO2S. The Bertz CT molecular complexity index is 620. The average Bonchev–Trinajstić information content (AvgIpc) is 2.59. The predicted molar refractivity (Wildman–Crippen MR) is 98.3 cm³/mol. The molecule has 0 aromatic heterocycles. The van der Waals surface area contributed by atoms with Gasteiger partial charge in [0.15, 0.2) is 11.1 Å². The summed E-state index contributed by atoms with van der Waals surface area (Å²) in [6, 6.07) is 17.1. The van der Waals surface area contributed by atoms with Gasteiger partial charge < -0.3 is 14.8 Å². The molecule has 0 saturated carbocycles. The van der Waals surface area contributed by atoms with Crippen molar-refractivity contribution in [3.05, 3.63) is 65.7 Å². The third-order valence-corrected chi connectivity index (χ3v) is 3.94. The highest BCUT2D eigenvalue weighted by Crippen LogP contribution is 2.16. The van der Waals surface area contributed by atoms with E-state index in [9.17, 15) is 0 Å². The van der Waals surface area contributed by atoms with Crippen molar-refractivity contribution < 1.29 is 9.47 Å². The van der Waals surface area contributed by atoms with Crippen molar-refractivity contribution in [2.75, 3.05) is 7.11 Å². The molecule has 2 aromatic carbocycles. The van der Waals surface area contributed by atoms with Gasteiger partial charge in [-0.05, 0) is 17.7 Å². The maximum atomic E-state index is 5.99. The van der Waals surface area contributed by atoms with Gasteiger partial charge in [-0.15, -0.1) is 23.2 Å². The van der Waals surface area contributed by atoms with Crippen LogP contribution in [0.3, 0.4) is 0 Å². The highest BCUT2D eigenvalue weighted by atomic mass is 35.5. The molecule has 2 aromatic rings. The predicted octanol–water partition coefficient (Wildman–Crippen LogP) is 4.31. The second-order valence-corrected chi connectivity index (χ2v) is 6.33. The van der Waals surface area contributed by atoms with Crippen molar-refractivity contribution in [1.82, 2.24) is 5.32 Å². The van der Waals surface area contributed by atoms with E-state index in [1.165, 1.54) is 0 Å². The summed E-state index contributed by atoms with van der Waals surface area (Å²) in [5.41, 5.74) is 1.87. The fourth-order valence-electron chi connectivity index (χ4n) is 1.89. The molecule has 23 heavy (non-hydrogen) atoms. The Kier molecular flexibility index (Phi) is 7.12. The second kappa shape index (κ2) is 9.08. The summed E-state index contributed by atoms with van der Waals surface area (Å²) in [6.45, 7) is 0.356. The van der Waals surface area contributed by atoms with Gasteiger partial charge in [-0.2, -0.15) is 0 Å². The number of methoxy groups -OCH3 is 1. The molecule has 1 unspecified atom stereocenters. The maximum absolute atomic E-state index is 5.99. The molecule has 0 spiro atoms. The fraction of sp³-hybridized carbons (Fsp3) is 0.235. The molecule has 1 N–H and O–H groups in total. The standard InChI is InChI=1S/C17H17Cl2NO2S/c1-21-14-9-7-12(8-10-14)11-22-16(15(18)19)20-17(23)13-5-3-2-4-6-13/h2-10,15-16H,11H2,1H3,(H,20,23). The number of nitrogens with one attached hydrogen (secondary N) is 1. The molecule has 0 aliphatic carbocycles. The zero-order valence-electron chi connectivity index (χ0n) is 12.5. The van der Waals surface area contributed by atoms with Gasteiger partial charge in [-0.25, -0.2) is 0 Å². The van der Waals surface area contributed by atoms with E-state index in [-0.39, 0.29) is 0 Å². The van der Waals surface area contributed by atoms with Crippen LogP contribution in [0.5, 0.6) is 5.75 Å². The molecule has 0 aliphatic rings. The van der Waals surface area contributed by atoms with Crippen LogP contribution in [0, 0.1) is 0 Å². The van der Waals surface area contributed by atoms with Crippen LogP contribution in [0.25, 0.3) is 0 Å². The molecule has 0 radical (unpaired) electrons. The first-order valence-electron chi connectivity index (χ1n) is 6.98. The molecule has 2 rings (SSSR count). The number of rotatable bonds is 7. The van der Waals surface area contributed by atoms with E-state index in [1.54, 1.807) is 7.11 Å². The smallest absolute Gasteiger partial charge is 0.159 e. The number of ether oxygens (including phenoxy) is 2. The van der Waals surface area contributed by atoms with Crippen LogP contribution in [0.1, 0.15) is 11.1 Å². The van der Waals surface area contributed by atoms with E-state index in [4.69, 9.17) is 44.9 Å². The van der Waals surface area contributed by atoms with Crippen molar-refractivity contribution in [3.8, 4) is 5.75 Å². The minimum Gasteiger partial charge on any atom is -0.497 e. The number of thiocarbonyl (C=S) groups is 1. The SMILES string of the molecule is COc1ccc(COC(NC(=S)c2ccccc2)C(Cl)Cl)cc1. The lowest BCUT2D eigenvalue weighted by Gasteiger charge is -2.22. The Hall–Kier alpha value is -1.33. The van der Waals surface area contributed by atoms with Crippen LogP contribution in [-0.2, 0) is 11.3 Å². The van der Waals surface area contributed by atoms with Gasteiger partial charge in [0.05, 0.1) is 13.7 Å². The largest absolute Gasteiger partial charge is 0.497 e. The Morgan fingerprint density at radius 1 is 1.09 bits per heavy atom. The Balaban J connectivity index is 1.94. The molecule has 0 fully saturated rings. The molecule has 6 heteroatoms. The lowest BCUT2D eigenvalue weighted by molar-refractivity contribution is 0.0403. The van der Waals surface area contributed by atoms with Crippen LogP contribution in [-0.4, -0.2) is 23.2 Å². The number of halogens is 2. The Morgan fingerprint density at radius 2 is 1.74 bits per heavy atom. The molecule has 0 aliphatic heterocycles. The Morgan fingerprint density at radius 3 is 2.30 bits per heavy atom. The van der Waals surface area contributed by atoms with Gasteiger partial charge in [0.2, 0.25) is 0 Å². The normalized spacial score (nSPS) is 12.0. The summed E-state index contributed by atoms with van der Waals surface area (Å²) >= 11 is 17.3. The molecule has 0 heterocycles. The molecule has 1 atom stereocenters. The summed E-state index contributed by atoms with van der Waals surface area (Å²) in [5, 5.41) is 3.05. The van der Waals surface area contributed by atoms with E-state index in [2.05, 4.69) is 5.32 Å². The van der Waals surface area contributed by atoms with Gasteiger partial charge in [-0.3, -0.25) is 0 Å². The summed E-state index contributed by atoms with van der Waals surface area (Å²) in [6.07, 6.45) is -0.604. The van der Waals surface area contributed by atoms with E-state index in [0.29, 0.717) is 11.6 Å². The number of hydrogen-bond acceptors (Lipinski definition) is 3. The molecule has 0 bridgehead atoms. The first-order chi connectivity index (χ1) is 11.1. The third-order valence-electron chi connectivity index (χ3n) is 3.13. The van der Waals surface area contributed by atoms with E-state index >= 15 is 0 Å². The Labute approximate surface area is 151 Å². The molecule has 0 saturated heterocycles. The van der Waals surface area contributed by atoms with Crippen LogP contribution >= 0.6 is 35.4 Å². The summed E-state index contributed by atoms with van der Waals surface area (Å²) in [5.74, 6) is 0.793. The second-order valence-electron chi connectivity index (χ2n) is 4.75. The van der Waals surface area contributed by atoms with E-state index in [1.807, 2.05) is 54.6 Å². The molecule has 3 nitrogen and oxygen atoms in total. The van der Waals surface area contributed by atoms with Gasteiger partial charge >= 0.3 is 0 Å². The first kappa shape index (κ1) is 18.0. The zero-order valence-corrected chi connectivity index (χ0v) is 14.9. The van der Waals surface area contributed by atoms with Crippen molar-refractivity contribution in [3.63, 3.8) is 0 Å². The quantitative estimate of drug-likeness (QED) is 0.447. The molecule has 0 amide bonds. The topological polar surface area (TPSA) is 30.5 Å². The monoisotopic (exact) mass is 369 g/mol. The van der Waals surface area contributed by atoms with Crippen LogP contribution < -0.4 is 10.1 Å². The van der Waals surface area contributed by atoms with E-state index < -0.39 is 11.1 Å².